The number of rotatable bonds is 4. The number of hydrogen-bond acceptors (Lipinski definition) is 1. The van der Waals surface area contributed by atoms with Crippen LogP contribution in [0.15, 0.2) is 30.3 Å². The lowest BCUT2D eigenvalue weighted by atomic mass is 10.2. The third kappa shape index (κ3) is 3.70. The molecule has 1 aromatic rings. The molecule has 0 aliphatic rings. The zero-order valence-corrected chi connectivity index (χ0v) is 10.4. The smallest absolute Gasteiger partial charge is 0.246 e. The molecule has 1 aromatic carbocycles. The van der Waals surface area contributed by atoms with Crippen LogP contribution >= 0.6 is 11.6 Å². The molecule has 0 saturated carbocycles. The molecule has 0 radical (unpaired) electrons. The first-order valence-corrected chi connectivity index (χ1v) is 5.77. The first-order valence-electron chi connectivity index (χ1n) is 5.40. The minimum absolute atomic E-state index is 0.0416. The van der Waals surface area contributed by atoms with Crippen LogP contribution < -0.4 is 0 Å². The summed E-state index contributed by atoms with van der Waals surface area (Å²) in [4.78, 5) is 13.4. The van der Waals surface area contributed by atoms with Crippen molar-refractivity contribution in [3.05, 3.63) is 40.9 Å². The van der Waals surface area contributed by atoms with E-state index in [2.05, 4.69) is 0 Å². The number of amides is 1. The molecule has 1 rings (SSSR count). The van der Waals surface area contributed by atoms with Crippen LogP contribution in [0.2, 0.25) is 5.02 Å². The Kier molecular flexibility index (Phi) is 5.06. The number of nitrogens with zero attached hydrogens (tertiary/aromatic N) is 1. The van der Waals surface area contributed by atoms with Gasteiger partial charge in [-0.3, -0.25) is 4.79 Å². The zero-order valence-electron chi connectivity index (χ0n) is 9.61. The van der Waals surface area contributed by atoms with Crippen LogP contribution in [-0.4, -0.2) is 23.9 Å². The number of benzene rings is 1. The molecule has 0 N–H and O–H groups in total. The van der Waals surface area contributed by atoms with Crippen LogP contribution in [0.4, 0.5) is 0 Å². The third-order valence-corrected chi connectivity index (χ3v) is 2.62. The van der Waals surface area contributed by atoms with Gasteiger partial charge >= 0.3 is 0 Å². The Bertz CT molecular complexity index is 366. The molecule has 0 bridgehead atoms. The van der Waals surface area contributed by atoms with Crippen molar-refractivity contribution in [3.8, 4) is 0 Å². The Morgan fingerprint density at radius 3 is 2.31 bits per heavy atom. The second-order valence-electron chi connectivity index (χ2n) is 3.40. The molecular weight excluding hydrogens is 222 g/mol. The fraction of sp³-hybridized carbons (Fsp3) is 0.308. The Balaban J connectivity index is 2.66. The van der Waals surface area contributed by atoms with Crippen molar-refractivity contribution in [2.75, 3.05) is 13.1 Å². The number of hydrogen-bond donors (Lipinski definition) is 0. The highest BCUT2D eigenvalue weighted by molar-refractivity contribution is 6.30. The Morgan fingerprint density at radius 1 is 1.25 bits per heavy atom. The fourth-order valence-electron chi connectivity index (χ4n) is 1.38. The van der Waals surface area contributed by atoms with Gasteiger partial charge in [-0.15, -0.1) is 0 Å². The third-order valence-electron chi connectivity index (χ3n) is 2.36. The van der Waals surface area contributed by atoms with E-state index in [1.807, 2.05) is 38.1 Å². The minimum atomic E-state index is 0.0416. The summed E-state index contributed by atoms with van der Waals surface area (Å²) in [7, 11) is 0. The Morgan fingerprint density at radius 2 is 1.81 bits per heavy atom. The van der Waals surface area contributed by atoms with E-state index in [9.17, 15) is 4.79 Å². The lowest BCUT2D eigenvalue weighted by Crippen LogP contribution is -2.28. The standard InChI is InChI=1S/C13H16ClNO/c1-3-15(4-2)13(16)10-7-11-5-8-12(14)9-6-11/h5-10H,3-4H2,1-2H3. The van der Waals surface area contributed by atoms with Crippen molar-refractivity contribution in [2.24, 2.45) is 0 Å². The first kappa shape index (κ1) is 12.8. The summed E-state index contributed by atoms with van der Waals surface area (Å²) in [6.45, 7) is 5.41. The molecule has 0 atom stereocenters. The van der Waals surface area contributed by atoms with Crippen LogP contribution in [-0.2, 0) is 4.79 Å². The van der Waals surface area contributed by atoms with Crippen LogP contribution in [0.1, 0.15) is 19.4 Å². The van der Waals surface area contributed by atoms with Gasteiger partial charge in [0.15, 0.2) is 0 Å². The first-order chi connectivity index (χ1) is 7.67. The highest BCUT2D eigenvalue weighted by atomic mass is 35.5. The van der Waals surface area contributed by atoms with Gasteiger partial charge in [-0.25, -0.2) is 0 Å². The predicted octanol–water partition coefficient (Wildman–Crippen LogP) is 3.22. The molecule has 0 unspecified atom stereocenters. The molecule has 0 spiro atoms. The Labute approximate surface area is 102 Å². The van der Waals surface area contributed by atoms with Gasteiger partial charge in [0.2, 0.25) is 5.91 Å². The summed E-state index contributed by atoms with van der Waals surface area (Å²) in [5.74, 6) is 0.0416. The molecule has 86 valence electrons. The molecule has 0 aliphatic heterocycles. The van der Waals surface area contributed by atoms with E-state index in [4.69, 9.17) is 11.6 Å². The highest BCUT2D eigenvalue weighted by Crippen LogP contribution is 2.10. The van der Waals surface area contributed by atoms with Gasteiger partial charge < -0.3 is 4.90 Å². The molecule has 0 heterocycles. The largest absolute Gasteiger partial charge is 0.340 e. The van der Waals surface area contributed by atoms with E-state index < -0.39 is 0 Å². The monoisotopic (exact) mass is 237 g/mol. The number of likely N-dealkylation sites (N-methyl/N-ethyl adjacent to an activating group) is 1. The van der Waals surface area contributed by atoms with Crippen LogP contribution in [0, 0.1) is 0 Å². The normalized spacial score (nSPS) is 10.7. The van der Waals surface area contributed by atoms with E-state index in [0.29, 0.717) is 5.02 Å². The average molecular weight is 238 g/mol. The van der Waals surface area contributed by atoms with Crippen molar-refractivity contribution in [1.82, 2.24) is 4.90 Å². The van der Waals surface area contributed by atoms with Crippen LogP contribution in [0.25, 0.3) is 6.08 Å². The molecular formula is C13H16ClNO. The summed E-state index contributed by atoms with van der Waals surface area (Å²) >= 11 is 5.77. The van der Waals surface area contributed by atoms with E-state index >= 15 is 0 Å². The zero-order chi connectivity index (χ0) is 12.0. The van der Waals surface area contributed by atoms with Gasteiger partial charge in [0.25, 0.3) is 0 Å². The second kappa shape index (κ2) is 6.33. The summed E-state index contributed by atoms with van der Waals surface area (Å²) in [6.07, 6.45) is 3.40. The molecule has 0 fully saturated rings. The SMILES string of the molecule is CCN(CC)C(=O)C=Cc1ccc(Cl)cc1. The average Bonchev–Trinajstić information content (AvgIpc) is 2.30. The fourth-order valence-corrected chi connectivity index (χ4v) is 1.51. The summed E-state index contributed by atoms with van der Waals surface area (Å²) in [6, 6.07) is 7.38. The topological polar surface area (TPSA) is 20.3 Å². The van der Waals surface area contributed by atoms with Crippen molar-refractivity contribution >= 4 is 23.6 Å². The second-order valence-corrected chi connectivity index (χ2v) is 3.83. The van der Waals surface area contributed by atoms with Crippen molar-refractivity contribution in [1.29, 1.82) is 0 Å². The van der Waals surface area contributed by atoms with E-state index in [-0.39, 0.29) is 5.91 Å². The molecule has 2 nitrogen and oxygen atoms in total. The molecule has 0 saturated heterocycles. The van der Waals surface area contributed by atoms with Crippen LogP contribution in [0.3, 0.4) is 0 Å². The van der Waals surface area contributed by atoms with E-state index in [1.54, 1.807) is 17.1 Å². The lowest BCUT2D eigenvalue weighted by Gasteiger charge is -2.15. The van der Waals surface area contributed by atoms with Gasteiger partial charge in [0.1, 0.15) is 0 Å². The van der Waals surface area contributed by atoms with Crippen LogP contribution in [0.5, 0.6) is 0 Å². The maximum absolute atomic E-state index is 11.7. The van der Waals surface area contributed by atoms with Crippen molar-refractivity contribution in [3.63, 3.8) is 0 Å². The quantitative estimate of drug-likeness (QED) is 0.737. The van der Waals surface area contributed by atoms with Gasteiger partial charge in [0.05, 0.1) is 0 Å². The summed E-state index contributed by atoms with van der Waals surface area (Å²) < 4.78 is 0. The highest BCUT2D eigenvalue weighted by Gasteiger charge is 2.03. The molecule has 0 aliphatic carbocycles. The maximum Gasteiger partial charge on any atom is 0.246 e. The minimum Gasteiger partial charge on any atom is -0.340 e. The number of carbonyl (C=O) groups is 1. The molecule has 16 heavy (non-hydrogen) atoms. The Hall–Kier alpha value is -1.28. The van der Waals surface area contributed by atoms with E-state index in [1.165, 1.54) is 0 Å². The predicted molar refractivity (Wildman–Crippen MR) is 68.4 cm³/mol. The van der Waals surface area contributed by atoms with E-state index in [0.717, 1.165) is 18.7 Å². The van der Waals surface area contributed by atoms with Gasteiger partial charge in [-0.05, 0) is 37.6 Å². The van der Waals surface area contributed by atoms with Gasteiger partial charge in [-0.1, -0.05) is 23.7 Å². The molecule has 1 amide bonds. The summed E-state index contributed by atoms with van der Waals surface area (Å²) in [5, 5.41) is 0.701. The molecule has 0 aromatic heterocycles. The van der Waals surface area contributed by atoms with Crippen molar-refractivity contribution < 1.29 is 4.79 Å². The van der Waals surface area contributed by atoms with Crippen molar-refractivity contribution in [2.45, 2.75) is 13.8 Å². The maximum atomic E-state index is 11.7. The van der Waals surface area contributed by atoms with Gasteiger partial charge in [0, 0.05) is 24.2 Å². The summed E-state index contributed by atoms with van der Waals surface area (Å²) in [5.41, 5.74) is 0.977. The molecule has 3 heteroatoms. The lowest BCUT2D eigenvalue weighted by molar-refractivity contribution is -0.125. The number of carbonyl (C=O) groups excluding carboxylic acids is 1. The number of halogens is 1. The van der Waals surface area contributed by atoms with Gasteiger partial charge in [-0.2, -0.15) is 0 Å².